The predicted molar refractivity (Wildman–Crippen MR) is 64.7 cm³/mol. The zero-order chi connectivity index (χ0) is 12.6. The van der Waals surface area contributed by atoms with Crippen LogP contribution in [0.1, 0.15) is 47.0 Å². The fourth-order valence-electron chi connectivity index (χ4n) is 1.19. The first-order valence-corrected chi connectivity index (χ1v) is 5.95. The summed E-state index contributed by atoms with van der Waals surface area (Å²) in [5.74, 6) is 0.857. The van der Waals surface area contributed by atoms with E-state index in [2.05, 4.69) is 24.5 Å². The lowest BCUT2D eigenvalue weighted by molar-refractivity contribution is -0.123. The van der Waals surface area contributed by atoms with Crippen LogP contribution in [0, 0.1) is 11.8 Å². The van der Waals surface area contributed by atoms with Crippen molar-refractivity contribution in [2.24, 2.45) is 11.8 Å². The van der Waals surface area contributed by atoms with E-state index in [0.29, 0.717) is 24.7 Å². The highest BCUT2D eigenvalue weighted by molar-refractivity contribution is 5.78. The summed E-state index contributed by atoms with van der Waals surface area (Å²) in [5, 5.41) is 5.33. The number of nitrogens with one attached hydrogen (secondary N) is 2. The molecule has 0 aromatic carbocycles. The largest absolute Gasteiger partial charge is 0.339 e. The van der Waals surface area contributed by atoms with E-state index < -0.39 is 0 Å². The third kappa shape index (κ3) is 9.49. The summed E-state index contributed by atoms with van der Waals surface area (Å²) in [6.07, 6.45) is 1.91. The third-order valence-electron chi connectivity index (χ3n) is 2.11. The molecule has 2 N–H and O–H groups in total. The zero-order valence-corrected chi connectivity index (χ0v) is 10.8. The molecule has 0 aliphatic carbocycles. The Morgan fingerprint density at radius 2 is 1.50 bits per heavy atom. The molecule has 0 saturated heterocycles. The number of amides is 2. The number of carbonyl (C=O) groups excluding carboxylic acids is 2. The maximum absolute atomic E-state index is 11.3. The van der Waals surface area contributed by atoms with Gasteiger partial charge >= 0.3 is 0 Å². The summed E-state index contributed by atoms with van der Waals surface area (Å²) in [5.41, 5.74) is 0. The van der Waals surface area contributed by atoms with Crippen molar-refractivity contribution in [1.82, 2.24) is 10.6 Å². The van der Waals surface area contributed by atoms with Crippen molar-refractivity contribution in [2.45, 2.75) is 47.0 Å². The van der Waals surface area contributed by atoms with Gasteiger partial charge in [0.15, 0.2) is 0 Å². The van der Waals surface area contributed by atoms with Gasteiger partial charge < -0.3 is 10.6 Å². The van der Waals surface area contributed by atoms with E-state index in [1.54, 1.807) is 0 Å². The molecular weight excluding hydrogens is 204 g/mol. The summed E-state index contributed by atoms with van der Waals surface area (Å²) >= 11 is 0. The van der Waals surface area contributed by atoms with Gasteiger partial charge in [-0.1, -0.05) is 27.7 Å². The number of hydrogen-bond donors (Lipinski definition) is 2. The van der Waals surface area contributed by atoms with Crippen LogP contribution in [0.5, 0.6) is 0 Å². The molecule has 0 aliphatic heterocycles. The molecule has 0 aromatic heterocycles. The fourth-order valence-corrected chi connectivity index (χ4v) is 1.19. The average molecular weight is 228 g/mol. The van der Waals surface area contributed by atoms with Gasteiger partial charge in [0.2, 0.25) is 11.8 Å². The lowest BCUT2D eigenvalue weighted by Gasteiger charge is -2.09. The molecule has 4 nitrogen and oxygen atoms in total. The molecule has 0 heterocycles. The first kappa shape index (κ1) is 14.9. The molecular formula is C12H24N2O2. The molecule has 2 amide bonds. The van der Waals surface area contributed by atoms with Gasteiger partial charge in [-0.3, -0.25) is 9.59 Å². The SMILES string of the molecule is CC(C)CCC(=O)NCNC(=O)CC(C)C. The van der Waals surface area contributed by atoms with Crippen LogP contribution in [-0.4, -0.2) is 18.5 Å². The average Bonchev–Trinajstić information content (AvgIpc) is 2.13. The lowest BCUT2D eigenvalue weighted by Crippen LogP contribution is -2.37. The van der Waals surface area contributed by atoms with E-state index in [4.69, 9.17) is 0 Å². The summed E-state index contributed by atoms with van der Waals surface area (Å²) in [6.45, 7) is 8.37. The van der Waals surface area contributed by atoms with Gasteiger partial charge in [-0.15, -0.1) is 0 Å². The maximum atomic E-state index is 11.3. The van der Waals surface area contributed by atoms with Crippen LogP contribution in [0.25, 0.3) is 0 Å². The first-order valence-electron chi connectivity index (χ1n) is 5.95. The van der Waals surface area contributed by atoms with Crippen LogP contribution >= 0.6 is 0 Å². The standard InChI is InChI=1S/C12H24N2O2/c1-9(2)5-6-11(15)13-8-14-12(16)7-10(3)4/h9-10H,5-8H2,1-4H3,(H,13,15)(H,14,16). The van der Waals surface area contributed by atoms with Gasteiger partial charge in [0.1, 0.15) is 0 Å². The van der Waals surface area contributed by atoms with Crippen LogP contribution in [-0.2, 0) is 9.59 Å². The minimum absolute atomic E-state index is 0.00135. The summed E-state index contributed by atoms with van der Waals surface area (Å²) in [7, 11) is 0. The van der Waals surface area contributed by atoms with Crippen LogP contribution in [0.15, 0.2) is 0 Å². The molecule has 94 valence electrons. The second-order valence-electron chi connectivity index (χ2n) is 4.91. The molecule has 4 heteroatoms. The van der Waals surface area contributed by atoms with Crippen LogP contribution in [0.3, 0.4) is 0 Å². The maximum Gasteiger partial charge on any atom is 0.221 e. The van der Waals surface area contributed by atoms with E-state index in [1.807, 2.05) is 13.8 Å². The Bertz CT molecular complexity index is 225. The Morgan fingerprint density at radius 3 is 2.00 bits per heavy atom. The van der Waals surface area contributed by atoms with Crippen molar-refractivity contribution in [3.05, 3.63) is 0 Å². The Kier molecular flexibility index (Phi) is 7.60. The quantitative estimate of drug-likeness (QED) is 0.651. The fraction of sp³-hybridized carbons (Fsp3) is 0.833. The molecule has 0 unspecified atom stereocenters. The third-order valence-corrected chi connectivity index (χ3v) is 2.11. The van der Waals surface area contributed by atoms with Gasteiger partial charge in [-0.05, 0) is 18.3 Å². The topological polar surface area (TPSA) is 58.2 Å². The number of rotatable bonds is 7. The smallest absolute Gasteiger partial charge is 0.221 e. The molecule has 0 saturated carbocycles. The molecule has 0 aromatic rings. The summed E-state index contributed by atoms with van der Waals surface area (Å²) in [4.78, 5) is 22.5. The van der Waals surface area contributed by atoms with E-state index in [1.165, 1.54) is 0 Å². The molecule has 0 spiro atoms. The molecule has 0 radical (unpaired) electrons. The van der Waals surface area contributed by atoms with E-state index in [9.17, 15) is 9.59 Å². The lowest BCUT2D eigenvalue weighted by atomic mass is 10.1. The monoisotopic (exact) mass is 228 g/mol. The second kappa shape index (κ2) is 8.13. The Labute approximate surface area is 98.2 Å². The van der Waals surface area contributed by atoms with Gasteiger partial charge in [0.25, 0.3) is 0 Å². The van der Waals surface area contributed by atoms with Crippen LogP contribution < -0.4 is 10.6 Å². The molecule has 0 rings (SSSR count). The highest BCUT2D eigenvalue weighted by Gasteiger charge is 2.05. The van der Waals surface area contributed by atoms with Crippen molar-refractivity contribution in [3.63, 3.8) is 0 Å². The minimum Gasteiger partial charge on any atom is -0.339 e. The van der Waals surface area contributed by atoms with Gasteiger partial charge in [-0.25, -0.2) is 0 Å². The minimum atomic E-state index is -0.0147. The second-order valence-corrected chi connectivity index (χ2v) is 4.91. The van der Waals surface area contributed by atoms with Crippen LogP contribution in [0.4, 0.5) is 0 Å². The number of hydrogen-bond acceptors (Lipinski definition) is 2. The number of carbonyl (C=O) groups is 2. The Balaban J connectivity index is 3.50. The Hall–Kier alpha value is -1.06. The highest BCUT2D eigenvalue weighted by Crippen LogP contribution is 2.02. The summed E-state index contributed by atoms with van der Waals surface area (Å²) < 4.78 is 0. The van der Waals surface area contributed by atoms with Crippen LogP contribution in [0.2, 0.25) is 0 Å². The van der Waals surface area contributed by atoms with Crippen molar-refractivity contribution in [3.8, 4) is 0 Å². The molecule has 0 fully saturated rings. The molecule has 16 heavy (non-hydrogen) atoms. The summed E-state index contributed by atoms with van der Waals surface area (Å²) in [6, 6.07) is 0. The van der Waals surface area contributed by atoms with E-state index >= 15 is 0 Å². The van der Waals surface area contributed by atoms with Crippen molar-refractivity contribution in [1.29, 1.82) is 0 Å². The van der Waals surface area contributed by atoms with Gasteiger partial charge in [0, 0.05) is 12.8 Å². The van der Waals surface area contributed by atoms with Gasteiger partial charge in [-0.2, -0.15) is 0 Å². The Morgan fingerprint density at radius 1 is 0.938 bits per heavy atom. The van der Waals surface area contributed by atoms with E-state index in [-0.39, 0.29) is 18.5 Å². The van der Waals surface area contributed by atoms with Crippen molar-refractivity contribution in [2.75, 3.05) is 6.67 Å². The zero-order valence-electron chi connectivity index (χ0n) is 10.8. The highest BCUT2D eigenvalue weighted by atomic mass is 16.2. The molecule has 0 atom stereocenters. The first-order chi connectivity index (χ1) is 7.41. The van der Waals surface area contributed by atoms with E-state index in [0.717, 1.165) is 6.42 Å². The molecule has 0 aliphatic rings. The van der Waals surface area contributed by atoms with Crippen molar-refractivity contribution < 1.29 is 9.59 Å². The normalized spacial score (nSPS) is 10.6. The van der Waals surface area contributed by atoms with Gasteiger partial charge in [0.05, 0.1) is 6.67 Å². The predicted octanol–water partition coefficient (Wildman–Crippen LogP) is 1.66. The molecule has 0 bridgehead atoms. The van der Waals surface area contributed by atoms with Crippen molar-refractivity contribution >= 4 is 11.8 Å².